The fraction of sp³-hybridized carbons (Fsp3) is 0.786. The summed E-state index contributed by atoms with van der Waals surface area (Å²) in [6, 6.07) is 0.819. The summed E-state index contributed by atoms with van der Waals surface area (Å²) in [5.41, 5.74) is 7.28. The Kier molecular flexibility index (Phi) is 3.86. The van der Waals surface area contributed by atoms with E-state index in [2.05, 4.69) is 16.2 Å². The summed E-state index contributed by atoms with van der Waals surface area (Å²) >= 11 is 0. The first-order valence-electron chi connectivity index (χ1n) is 7.35. The van der Waals surface area contributed by atoms with Crippen molar-refractivity contribution in [2.45, 2.75) is 43.9 Å². The second-order valence-electron chi connectivity index (χ2n) is 5.70. The molecule has 106 valence electrons. The first-order chi connectivity index (χ1) is 9.29. The highest BCUT2D eigenvalue weighted by Crippen LogP contribution is 2.33. The molecular formula is C14H24N4O. The predicted octanol–water partition coefficient (Wildman–Crippen LogP) is 1.06. The van der Waals surface area contributed by atoms with E-state index in [-0.39, 0.29) is 6.04 Å². The number of aryl methyl sites for hydroxylation is 1. The summed E-state index contributed by atoms with van der Waals surface area (Å²) in [5, 5.41) is 4.29. The van der Waals surface area contributed by atoms with E-state index in [9.17, 15) is 0 Å². The molecule has 1 aliphatic carbocycles. The van der Waals surface area contributed by atoms with E-state index in [4.69, 9.17) is 10.5 Å². The van der Waals surface area contributed by atoms with E-state index in [1.165, 1.54) is 31.2 Å². The Morgan fingerprint density at radius 1 is 1.47 bits per heavy atom. The number of nitrogens with two attached hydrogens (primary N) is 1. The molecule has 3 atom stereocenters. The zero-order valence-corrected chi connectivity index (χ0v) is 11.7. The van der Waals surface area contributed by atoms with Crippen molar-refractivity contribution in [3.8, 4) is 0 Å². The van der Waals surface area contributed by atoms with Crippen LogP contribution in [-0.4, -0.2) is 46.5 Å². The first-order valence-corrected chi connectivity index (χ1v) is 7.35. The lowest BCUT2D eigenvalue weighted by molar-refractivity contribution is -0.102. The van der Waals surface area contributed by atoms with E-state index < -0.39 is 0 Å². The van der Waals surface area contributed by atoms with Crippen LogP contribution in [0.5, 0.6) is 0 Å². The Labute approximate surface area is 114 Å². The fourth-order valence-corrected chi connectivity index (χ4v) is 3.59. The fourth-order valence-electron chi connectivity index (χ4n) is 3.59. The van der Waals surface area contributed by atoms with Crippen LogP contribution in [0, 0.1) is 0 Å². The van der Waals surface area contributed by atoms with Gasteiger partial charge in [0.15, 0.2) is 0 Å². The van der Waals surface area contributed by atoms with Crippen molar-refractivity contribution in [2.75, 3.05) is 19.7 Å². The third-order valence-corrected chi connectivity index (χ3v) is 4.51. The molecule has 5 nitrogen and oxygen atoms in total. The van der Waals surface area contributed by atoms with Gasteiger partial charge in [-0.05, 0) is 12.8 Å². The number of morpholine rings is 1. The zero-order valence-electron chi connectivity index (χ0n) is 11.7. The molecule has 0 amide bonds. The number of rotatable bonds is 3. The molecule has 0 spiro atoms. The van der Waals surface area contributed by atoms with Crippen LogP contribution in [0.15, 0.2) is 12.4 Å². The first kappa shape index (κ1) is 13.1. The number of hydrogen-bond acceptors (Lipinski definition) is 4. The lowest BCUT2D eigenvalue weighted by atomic mass is 9.88. The Bertz CT molecular complexity index is 417. The summed E-state index contributed by atoms with van der Waals surface area (Å²) in [7, 11) is 1.96. The predicted molar refractivity (Wildman–Crippen MR) is 73.7 cm³/mol. The van der Waals surface area contributed by atoms with Crippen molar-refractivity contribution in [1.29, 1.82) is 0 Å². The van der Waals surface area contributed by atoms with Gasteiger partial charge in [0.2, 0.25) is 0 Å². The van der Waals surface area contributed by atoms with Gasteiger partial charge in [0.1, 0.15) is 0 Å². The molecule has 1 aromatic rings. The molecule has 19 heavy (non-hydrogen) atoms. The highest BCUT2D eigenvalue weighted by atomic mass is 16.5. The topological polar surface area (TPSA) is 56.3 Å². The van der Waals surface area contributed by atoms with Gasteiger partial charge in [-0.3, -0.25) is 9.58 Å². The molecule has 0 aromatic carbocycles. The molecule has 2 N–H and O–H groups in total. The van der Waals surface area contributed by atoms with Gasteiger partial charge in [-0.15, -0.1) is 0 Å². The maximum Gasteiger partial charge on any atom is 0.0731 e. The van der Waals surface area contributed by atoms with Gasteiger partial charge in [0.05, 0.1) is 24.9 Å². The van der Waals surface area contributed by atoms with Gasteiger partial charge in [0, 0.05) is 37.9 Å². The lowest BCUT2D eigenvalue weighted by Gasteiger charge is -2.47. The number of nitrogens with zero attached hydrogens (tertiary/aromatic N) is 3. The lowest BCUT2D eigenvalue weighted by Crippen LogP contribution is -2.54. The SMILES string of the molecule is Cn1cc(C(CN)N2CCOC3CCCCC32)cn1. The number of ether oxygens (including phenoxy) is 1. The maximum absolute atomic E-state index is 6.05. The molecule has 3 unspecified atom stereocenters. The van der Waals surface area contributed by atoms with Crippen molar-refractivity contribution in [3.05, 3.63) is 18.0 Å². The third kappa shape index (κ3) is 2.55. The number of fused-ring (bicyclic) bond motifs is 1. The van der Waals surface area contributed by atoms with Gasteiger partial charge in [-0.25, -0.2) is 0 Å². The van der Waals surface area contributed by atoms with Crippen LogP contribution < -0.4 is 5.73 Å². The Morgan fingerprint density at radius 2 is 2.32 bits per heavy atom. The molecule has 0 bridgehead atoms. The Hall–Kier alpha value is -0.910. The highest BCUT2D eigenvalue weighted by molar-refractivity contribution is 5.12. The monoisotopic (exact) mass is 264 g/mol. The minimum Gasteiger partial charge on any atom is -0.375 e. The molecule has 2 fully saturated rings. The summed E-state index contributed by atoms with van der Waals surface area (Å²) in [5.74, 6) is 0. The molecule has 5 heteroatoms. The summed E-state index contributed by atoms with van der Waals surface area (Å²) in [6.07, 6.45) is 9.50. The van der Waals surface area contributed by atoms with Gasteiger partial charge < -0.3 is 10.5 Å². The quantitative estimate of drug-likeness (QED) is 0.887. The second kappa shape index (κ2) is 5.61. The summed E-state index contributed by atoms with van der Waals surface area (Å²) < 4.78 is 7.80. The van der Waals surface area contributed by atoms with Crippen LogP contribution in [-0.2, 0) is 11.8 Å². The summed E-state index contributed by atoms with van der Waals surface area (Å²) in [6.45, 7) is 2.46. The van der Waals surface area contributed by atoms with Crippen LogP contribution in [0.25, 0.3) is 0 Å². The van der Waals surface area contributed by atoms with Crippen molar-refractivity contribution in [1.82, 2.24) is 14.7 Å². The van der Waals surface area contributed by atoms with E-state index in [0.717, 1.165) is 13.2 Å². The smallest absolute Gasteiger partial charge is 0.0731 e. The van der Waals surface area contributed by atoms with E-state index in [1.807, 2.05) is 17.9 Å². The maximum atomic E-state index is 6.05. The molecule has 2 aliphatic rings. The van der Waals surface area contributed by atoms with Crippen LogP contribution in [0.1, 0.15) is 37.3 Å². The number of aromatic nitrogens is 2. The van der Waals surface area contributed by atoms with Crippen LogP contribution in [0.4, 0.5) is 0 Å². The van der Waals surface area contributed by atoms with Crippen LogP contribution >= 0.6 is 0 Å². The van der Waals surface area contributed by atoms with Crippen molar-refractivity contribution >= 4 is 0 Å². The minimum absolute atomic E-state index is 0.281. The van der Waals surface area contributed by atoms with Gasteiger partial charge >= 0.3 is 0 Å². The van der Waals surface area contributed by atoms with Crippen LogP contribution in [0.3, 0.4) is 0 Å². The largest absolute Gasteiger partial charge is 0.375 e. The van der Waals surface area contributed by atoms with Crippen molar-refractivity contribution in [2.24, 2.45) is 12.8 Å². The Morgan fingerprint density at radius 3 is 3.05 bits per heavy atom. The molecule has 1 saturated heterocycles. The molecule has 3 rings (SSSR count). The molecule has 1 aliphatic heterocycles. The normalized spacial score (nSPS) is 30.0. The van der Waals surface area contributed by atoms with Crippen molar-refractivity contribution < 1.29 is 4.74 Å². The van der Waals surface area contributed by atoms with Gasteiger partial charge in [-0.2, -0.15) is 5.10 Å². The highest BCUT2D eigenvalue weighted by Gasteiger charge is 2.37. The molecule has 2 heterocycles. The van der Waals surface area contributed by atoms with Crippen LogP contribution in [0.2, 0.25) is 0 Å². The van der Waals surface area contributed by atoms with Gasteiger partial charge in [-0.1, -0.05) is 12.8 Å². The summed E-state index contributed by atoms with van der Waals surface area (Å²) in [4.78, 5) is 2.56. The molecule has 1 saturated carbocycles. The Balaban J connectivity index is 1.81. The standard InChI is InChI=1S/C14H24N4O/c1-17-10-11(9-16-17)13(8-15)18-6-7-19-14-5-3-2-4-12(14)18/h9-10,12-14H,2-8,15H2,1H3. The van der Waals surface area contributed by atoms with Crippen molar-refractivity contribution in [3.63, 3.8) is 0 Å². The third-order valence-electron chi connectivity index (χ3n) is 4.51. The van der Waals surface area contributed by atoms with E-state index >= 15 is 0 Å². The average Bonchev–Trinajstić information content (AvgIpc) is 2.86. The molecule has 1 aromatic heterocycles. The van der Waals surface area contributed by atoms with E-state index in [1.54, 1.807) is 0 Å². The average molecular weight is 264 g/mol. The second-order valence-corrected chi connectivity index (χ2v) is 5.70. The minimum atomic E-state index is 0.281. The molecule has 0 radical (unpaired) electrons. The van der Waals surface area contributed by atoms with E-state index in [0.29, 0.717) is 18.7 Å². The van der Waals surface area contributed by atoms with Gasteiger partial charge in [0.25, 0.3) is 0 Å². The zero-order chi connectivity index (χ0) is 13.2. The number of hydrogen-bond donors (Lipinski definition) is 1. The molecular weight excluding hydrogens is 240 g/mol.